The van der Waals surface area contributed by atoms with Crippen LogP contribution in [0.5, 0.6) is 11.5 Å². The number of fused-ring (bicyclic) bond motifs is 1. The van der Waals surface area contributed by atoms with Crippen LogP contribution in [0.25, 0.3) is 0 Å². The molecule has 1 aliphatic rings. The van der Waals surface area contributed by atoms with Gasteiger partial charge < -0.3 is 13.9 Å². The maximum absolute atomic E-state index is 12.2. The summed E-state index contributed by atoms with van der Waals surface area (Å²) in [6, 6.07) is 13.9. The molecule has 0 spiro atoms. The molecule has 1 amide bonds. The molecule has 1 unspecified atom stereocenters. The fraction of sp³-hybridized carbons (Fsp3) is 0.118. The van der Waals surface area contributed by atoms with E-state index in [2.05, 4.69) is 15.5 Å². The number of anilines is 1. The number of nitrogens with zero attached hydrogens (tertiary/aromatic N) is 2. The van der Waals surface area contributed by atoms with Gasteiger partial charge in [0.1, 0.15) is 6.61 Å². The highest BCUT2D eigenvalue weighted by atomic mass is 35.5. The van der Waals surface area contributed by atoms with Crippen molar-refractivity contribution in [1.82, 2.24) is 10.2 Å². The highest BCUT2D eigenvalue weighted by Crippen LogP contribution is 2.35. The van der Waals surface area contributed by atoms with Crippen LogP contribution in [0.1, 0.15) is 22.4 Å². The number of benzene rings is 2. The summed E-state index contributed by atoms with van der Waals surface area (Å²) in [7, 11) is 0. The summed E-state index contributed by atoms with van der Waals surface area (Å²) in [5.41, 5.74) is 0.315. The van der Waals surface area contributed by atoms with E-state index in [1.165, 1.54) is 0 Å². The predicted octanol–water partition coefficient (Wildman–Crippen LogP) is 3.49. The molecule has 1 atom stereocenters. The molecule has 2 heterocycles. The van der Waals surface area contributed by atoms with Crippen LogP contribution in [-0.2, 0) is 0 Å². The third kappa shape index (κ3) is 3.14. The molecule has 25 heavy (non-hydrogen) atoms. The predicted molar refractivity (Wildman–Crippen MR) is 89.0 cm³/mol. The molecular formula is C17H12ClN3O4. The van der Waals surface area contributed by atoms with Gasteiger partial charge >= 0.3 is 6.01 Å². The average molecular weight is 358 g/mol. The molecule has 0 radical (unpaired) electrons. The normalized spacial score (nSPS) is 15.6. The van der Waals surface area contributed by atoms with E-state index in [0.29, 0.717) is 22.1 Å². The smallest absolute Gasteiger partial charge is 0.322 e. The van der Waals surface area contributed by atoms with Crippen molar-refractivity contribution in [3.8, 4) is 11.5 Å². The molecule has 1 aromatic heterocycles. The van der Waals surface area contributed by atoms with E-state index in [-0.39, 0.29) is 18.5 Å². The van der Waals surface area contributed by atoms with Gasteiger partial charge in [-0.2, -0.15) is 0 Å². The van der Waals surface area contributed by atoms with E-state index in [1.54, 1.807) is 30.3 Å². The fourth-order valence-corrected chi connectivity index (χ4v) is 2.59. The third-order valence-corrected chi connectivity index (χ3v) is 3.89. The summed E-state index contributed by atoms with van der Waals surface area (Å²) in [6.45, 7) is 0.233. The van der Waals surface area contributed by atoms with Crippen molar-refractivity contribution in [3.05, 3.63) is 65.0 Å². The van der Waals surface area contributed by atoms with Crippen LogP contribution in [0.2, 0.25) is 5.02 Å². The van der Waals surface area contributed by atoms with Crippen LogP contribution in [0.3, 0.4) is 0 Å². The lowest BCUT2D eigenvalue weighted by Gasteiger charge is -2.23. The minimum absolute atomic E-state index is 0.0395. The summed E-state index contributed by atoms with van der Waals surface area (Å²) in [5, 5.41) is 10.6. The zero-order valence-electron chi connectivity index (χ0n) is 12.8. The fourth-order valence-electron chi connectivity index (χ4n) is 2.37. The molecule has 0 saturated heterocycles. The van der Waals surface area contributed by atoms with Gasteiger partial charge in [0.25, 0.3) is 11.8 Å². The number of aromatic nitrogens is 2. The van der Waals surface area contributed by atoms with Gasteiger partial charge in [0.2, 0.25) is 6.10 Å². The highest BCUT2D eigenvalue weighted by molar-refractivity contribution is 6.34. The van der Waals surface area contributed by atoms with Gasteiger partial charge in [-0.05, 0) is 24.3 Å². The van der Waals surface area contributed by atoms with Gasteiger partial charge in [0, 0.05) is 0 Å². The Morgan fingerprint density at radius 2 is 1.84 bits per heavy atom. The van der Waals surface area contributed by atoms with E-state index in [4.69, 9.17) is 25.5 Å². The molecular weight excluding hydrogens is 346 g/mol. The van der Waals surface area contributed by atoms with Crippen LogP contribution < -0.4 is 14.8 Å². The Hall–Kier alpha value is -3.06. The number of amides is 1. The SMILES string of the molecule is O=C(Nc1nnc(C2COc3ccccc3O2)o1)c1ccccc1Cl. The molecule has 3 aromatic rings. The number of hydrogen-bond acceptors (Lipinski definition) is 6. The average Bonchev–Trinajstić information content (AvgIpc) is 3.10. The van der Waals surface area contributed by atoms with Gasteiger partial charge in [-0.3, -0.25) is 10.1 Å². The lowest BCUT2D eigenvalue weighted by atomic mass is 10.2. The minimum atomic E-state index is -0.548. The highest BCUT2D eigenvalue weighted by Gasteiger charge is 2.27. The van der Waals surface area contributed by atoms with E-state index in [0.717, 1.165) is 0 Å². The van der Waals surface area contributed by atoms with Crippen molar-refractivity contribution in [2.75, 3.05) is 11.9 Å². The Kier molecular flexibility index (Phi) is 3.99. The van der Waals surface area contributed by atoms with Crippen molar-refractivity contribution in [2.45, 2.75) is 6.10 Å². The van der Waals surface area contributed by atoms with Crippen LogP contribution in [0.4, 0.5) is 6.01 Å². The Balaban J connectivity index is 1.48. The first-order valence-electron chi connectivity index (χ1n) is 7.48. The standard InChI is InChI=1S/C17H12ClN3O4/c18-11-6-2-1-5-10(11)15(22)19-17-21-20-16(25-17)14-9-23-12-7-3-4-8-13(12)24-14/h1-8,14H,9H2,(H,19,21,22). The van der Waals surface area contributed by atoms with Gasteiger partial charge in [0.15, 0.2) is 11.5 Å². The molecule has 1 N–H and O–H groups in total. The Morgan fingerprint density at radius 3 is 2.68 bits per heavy atom. The van der Waals surface area contributed by atoms with Crippen molar-refractivity contribution >= 4 is 23.5 Å². The molecule has 8 heteroatoms. The second kappa shape index (κ2) is 6.45. The largest absolute Gasteiger partial charge is 0.485 e. The van der Waals surface area contributed by atoms with Gasteiger partial charge in [-0.15, -0.1) is 5.10 Å². The first-order chi connectivity index (χ1) is 12.2. The Labute approximate surface area is 147 Å². The first kappa shape index (κ1) is 15.5. The van der Waals surface area contributed by atoms with Crippen molar-refractivity contribution in [3.63, 3.8) is 0 Å². The van der Waals surface area contributed by atoms with Crippen LogP contribution >= 0.6 is 11.6 Å². The monoisotopic (exact) mass is 357 g/mol. The summed E-state index contributed by atoms with van der Waals surface area (Å²) in [6.07, 6.45) is -0.548. The van der Waals surface area contributed by atoms with Crippen molar-refractivity contribution in [1.29, 1.82) is 0 Å². The summed E-state index contributed by atoms with van der Waals surface area (Å²) in [4.78, 5) is 12.2. The summed E-state index contributed by atoms with van der Waals surface area (Å²) in [5.74, 6) is 1.03. The van der Waals surface area contributed by atoms with E-state index in [9.17, 15) is 4.79 Å². The van der Waals surface area contributed by atoms with Crippen LogP contribution in [0, 0.1) is 0 Å². The van der Waals surface area contributed by atoms with Crippen LogP contribution in [-0.4, -0.2) is 22.7 Å². The summed E-state index contributed by atoms with van der Waals surface area (Å²) >= 11 is 6.00. The number of nitrogens with one attached hydrogen (secondary N) is 1. The Morgan fingerprint density at radius 1 is 1.08 bits per heavy atom. The lowest BCUT2D eigenvalue weighted by Crippen LogP contribution is -2.21. The molecule has 0 bridgehead atoms. The number of hydrogen-bond donors (Lipinski definition) is 1. The Bertz CT molecular complexity index is 928. The quantitative estimate of drug-likeness (QED) is 0.772. The zero-order chi connectivity index (χ0) is 17.2. The van der Waals surface area contributed by atoms with Gasteiger partial charge in [-0.1, -0.05) is 41.0 Å². The number of ether oxygens (including phenoxy) is 2. The molecule has 0 fully saturated rings. The van der Waals surface area contributed by atoms with Crippen molar-refractivity contribution < 1.29 is 18.7 Å². The van der Waals surface area contributed by atoms with Gasteiger partial charge in [0.05, 0.1) is 10.6 Å². The molecule has 0 aliphatic carbocycles. The molecule has 0 saturated carbocycles. The minimum Gasteiger partial charge on any atom is -0.485 e. The molecule has 126 valence electrons. The number of rotatable bonds is 3. The van der Waals surface area contributed by atoms with Crippen LogP contribution in [0.15, 0.2) is 52.9 Å². The maximum Gasteiger partial charge on any atom is 0.322 e. The number of para-hydroxylation sites is 2. The number of carbonyl (C=O) groups is 1. The third-order valence-electron chi connectivity index (χ3n) is 3.56. The topological polar surface area (TPSA) is 86.5 Å². The summed E-state index contributed by atoms with van der Waals surface area (Å²) < 4.78 is 16.9. The van der Waals surface area contributed by atoms with E-state index < -0.39 is 12.0 Å². The molecule has 7 nitrogen and oxygen atoms in total. The second-order valence-electron chi connectivity index (χ2n) is 5.24. The first-order valence-corrected chi connectivity index (χ1v) is 7.86. The zero-order valence-corrected chi connectivity index (χ0v) is 13.6. The molecule has 4 rings (SSSR count). The molecule has 2 aromatic carbocycles. The van der Waals surface area contributed by atoms with Gasteiger partial charge in [-0.25, -0.2) is 0 Å². The van der Waals surface area contributed by atoms with E-state index >= 15 is 0 Å². The second-order valence-corrected chi connectivity index (χ2v) is 5.65. The number of carbonyl (C=O) groups excluding carboxylic acids is 1. The molecule has 1 aliphatic heterocycles. The van der Waals surface area contributed by atoms with Crippen molar-refractivity contribution in [2.24, 2.45) is 0 Å². The van der Waals surface area contributed by atoms with E-state index in [1.807, 2.05) is 18.2 Å². The maximum atomic E-state index is 12.2. The lowest BCUT2D eigenvalue weighted by molar-refractivity contribution is 0.0716. The number of halogens is 1.